The molecule has 0 aromatic carbocycles. The van der Waals surface area contributed by atoms with Gasteiger partial charge < -0.3 is 11.6 Å². The Morgan fingerprint density at radius 2 is 1.11 bits per heavy atom. The zero-order chi connectivity index (χ0) is 6.24. The van der Waals surface area contributed by atoms with Gasteiger partial charge in [0.15, 0.2) is 0 Å². The van der Waals surface area contributed by atoms with E-state index in [1.165, 1.54) is 0 Å². The van der Waals surface area contributed by atoms with Crippen LogP contribution in [0.3, 0.4) is 0 Å². The maximum Gasteiger partial charge on any atom is 1.00 e. The Labute approximate surface area is 69.9 Å². The molecule has 0 heterocycles. The zero-order valence-electron chi connectivity index (χ0n) is 7.14. The predicted molar refractivity (Wildman–Crippen MR) is 33.8 cm³/mol. The van der Waals surface area contributed by atoms with Crippen molar-refractivity contribution >= 4 is 0 Å². The first-order valence-electron chi connectivity index (χ1n) is 3.13. The van der Waals surface area contributed by atoms with Gasteiger partial charge in [-0.1, -0.05) is 12.8 Å². The number of rotatable bonds is 5. The fourth-order valence-electron chi connectivity index (χ4n) is 0.577. The van der Waals surface area contributed by atoms with E-state index >= 15 is 0 Å². The summed E-state index contributed by atoms with van der Waals surface area (Å²) in [5, 5.41) is 16.6. The number of unbranched alkanes of at least 4 members (excludes halogenated alkanes) is 3. The maximum atomic E-state index is 8.30. The van der Waals surface area contributed by atoms with Crippen molar-refractivity contribution in [2.24, 2.45) is 0 Å². The predicted octanol–water partition coefficient (Wildman–Crippen LogP) is -2.35. The van der Waals surface area contributed by atoms with E-state index in [-0.39, 0.29) is 33.5 Å². The van der Waals surface area contributed by atoms with Gasteiger partial charge in [0.2, 0.25) is 0 Å². The van der Waals surface area contributed by atoms with Crippen molar-refractivity contribution in [3.63, 3.8) is 0 Å². The molecule has 0 fully saturated rings. The molecule has 3 heteroatoms. The third-order valence-corrected chi connectivity index (χ3v) is 1.07. The Morgan fingerprint density at radius 1 is 0.778 bits per heavy atom. The van der Waals surface area contributed by atoms with Crippen LogP contribution in [-0.4, -0.2) is 23.4 Å². The van der Waals surface area contributed by atoms with Gasteiger partial charge in [0, 0.05) is 13.2 Å². The summed E-state index contributed by atoms with van der Waals surface area (Å²) < 4.78 is 0. The molecule has 9 heavy (non-hydrogen) atoms. The van der Waals surface area contributed by atoms with Crippen LogP contribution in [0.2, 0.25) is 0 Å². The van der Waals surface area contributed by atoms with E-state index in [1.54, 1.807) is 0 Å². The van der Waals surface area contributed by atoms with E-state index in [2.05, 4.69) is 0 Å². The molecule has 2 N–H and O–H groups in total. The second kappa shape index (κ2) is 11.3. The third-order valence-electron chi connectivity index (χ3n) is 1.07. The van der Waals surface area contributed by atoms with Crippen LogP contribution in [0.4, 0.5) is 0 Å². The van der Waals surface area contributed by atoms with Crippen molar-refractivity contribution < 1.29 is 30.5 Å². The maximum absolute atomic E-state index is 8.30. The van der Waals surface area contributed by atoms with Gasteiger partial charge in [0.05, 0.1) is 0 Å². The van der Waals surface area contributed by atoms with Crippen LogP contribution in [0, 0.1) is 0 Å². The summed E-state index contributed by atoms with van der Waals surface area (Å²) in [5.74, 6) is 0. The fourth-order valence-corrected chi connectivity index (χ4v) is 0.577. The SMILES string of the molecule is OCCCCCCO.[H-].[Li+]. The van der Waals surface area contributed by atoms with Crippen molar-refractivity contribution in [3.05, 3.63) is 0 Å². The molecule has 0 rings (SSSR count). The molecule has 0 aromatic rings. The monoisotopic (exact) mass is 126 g/mol. The van der Waals surface area contributed by atoms with Gasteiger partial charge >= 0.3 is 18.9 Å². The van der Waals surface area contributed by atoms with Crippen molar-refractivity contribution in [2.75, 3.05) is 13.2 Å². The molecule has 0 aliphatic carbocycles. The molecule has 0 spiro atoms. The van der Waals surface area contributed by atoms with Gasteiger partial charge in [0.25, 0.3) is 0 Å². The van der Waals surface area contributed by atoms with Crippen LogP contribution < -0.4 is 18.9 Å². The van der Waals surface area contributed by atoms with Crippen LogP contribution in [0.15, 0.2) is 0 Å². The Morgan fingerprint density at radius 3 is 1.33 bits per heavy atom. The third kappa shape index (κ3) is 11.9. The number of hydrogen-bond acceptors (Lipinski definition) is 2. The average molecular weight is 126 g/mol. The summed E-state index contributed by atoms with van der Waals surface area (Å²) in [4.78, 5) is 0. The first kappa shape index (κ1) is 12.2. The topological polar surface area (TPSA) is 40.5 Å². The van der Waals surface area contributed by atoms with Gasteiger partial charge in [-0.15, -0.1) is 0 Å². The Hall–Kier alpha value is 0.517. The van der Waals surface area contributed by atoms with Gasteiger partial charge in [-0.2, -0.15) is 0 Å². The molecule has 0 aliphatic heterocycles. The first-order chi connectivity index (χ1) is 3.91. The van der Waals surface area contributed by atoms with Gasteiger partial charge in [-0.3, -0.25) is 0 Å². The molecular formula is C6H15LiO2. The van der Waals surface area contributed by atoms with Crippen LogP contribution >= 0.6 is 0 Å². The number of hydrogen-bond donors (Lipinski definition) is 2. The summed E-state index contributed by atoms with van der Waals surface area (Å²) in [6.07, 6.45) is 3.83. The molecule has 2 nitrogen and oxygen atoms in total. The molecular weight excluding hydrogens is 111 g/mol. The minimum atomic E-state index is 0. The molecule has 0 unspecified atom stereocenters. The smallest absolute Gasteiger partial charge is 1.00 e. The van der Waals surface area contributed by atoms with Crippen LogP contribution in [-0.2, 0) is 0 Å². The van der Waals surface area contributed by atoms with E-state index in [0.29, 0.717) is 0 Å². The summed E-state index contributed by atoms with van der Waals surface area (Å²) in [7, 11) is 0. The molecule has 0 amide bonds. The van der Waals surface area contributed by atoms with Crippen molar-refractivity contribution in [3.8, 4) is 0 Å². The first-order valence-corrected chi connectivity index (χ1v) is 3.13. The number of aliphatic hydroxyl groups is 2. The van der Waals surface area contributed by atoms with Crippen LogP contribution in [0.1, 0.15) is 27.1 Å². The zero-order valence-corrected chi connectivity index (χ0v) is 6.14. The van der Waals surface area contributed by atoms with Gasteiger partial charge in [0.1, 0.15) is 0 Å². The second-order valence-corrected chi connectivity index (χ2v) is 1.86. The Balaban J connectivity index is -0.000000245. The molecule has 0 bridgehead atoms. The van der Waals surface area contributed by atoms with Crippen LogP contribution in [0.5, 0.6) is 0 Å². The van der Waals surface area contributed by atoms with Crippen molar-refractivity contribution in [1.29, 1.82) is 0 Å². The van der Waals surface area contributed by atoms with E-state index in [4.69, 9.17) is 10.2 Å². The van der Waals surface area contributed by atoms with E-state index in [0.717, 1.165) is 25.7 Å². The normalized spacial score (nSPS) is 8.67. The summed E-state index contributed by atoms with van der Waals surface area (Å²) in [6, 6.07) is 0. The Bertz CT molecular complexity index is 40.7. The standard InChI is InChI=1S/C6H14O2.Li.H/c7-5-3-1-2-4-6-8;;/h7-8H,1-6H2;;/q;+1;-1. The fraction of sp³-hybridized carbons (Fsp3) is 1.00. The minimum Gasteiger partial charge on any atom is -1.00 e. The molecule has 0 aromatic heterocycles. The summed E-state index contributed by atoms with van der Waals surface area (Å²) in [5.41, 5.74) is 0. The van der Waals surface area contributed by atoms with E-state index in [9.17, 15) is 0 Å². The van der Waals surface area contributed by atoms with Crippen LogP contribution in [0.25, 0.3) is 0 Å². The van der Waals surface area contributed by atoms with E-state index in [1.807, 2.05) is 0 Å². The van der Waals surface area contributed by atoms with Gasteiger partial charge in [-0.05, 0) is 12.8 Å². The van der Waals surface area contributed by atoms with Crippen molar-refractivity contribution in [1.82, 2.24) is 0 Å². The summed E-state index contributed by atoms with van der Waals surface area (Å²) >= 11 is 0. The molecule has 52 valence electrons. The molecule has 0 saturated heterocycles. The average Bonchev–Trinajstić information content (AvgIpc) is 1.81. The summed E-state index contributed by atoms with van der Waals surface area (Å²) in [6.45, 7) is 0.566. The molecule has 0 atom stereocenters. The second-order valence-electron chi connectivity index (χ2n) is 1.86. The molecule has 0 saturated carbocycles. The van der Waals surface area contributed by atoms with E-state index < -0.39 is 0 Å². The minimum absolute atomic E-state index is 0. The van der Waals surface area contributed by atoms with Gasteiger partial charge in [-0.25, -0.2) is 0 Å². The number of aliphatic hydroxyl groups excluding tert-OH is 2. The molecule has 0 aliphatic rings. The van der Waals surface area contributed by atoms with Crippen molar-refractivity contribution in [2.45, 2.75) is 25.7 Å². The Kier molecular flexibility index (Phi) is 15.4. The largest absolute Gasteiger partial charge is 1.00 e. The quantitative estimate of drug-likeness (QED) is 0.320. The molecule has 0 radical (unpaired) electrons.